The molecule has 1 amide bonds. The first kappa shape index (κ1) is 20.8. The highest BCUT2D eigenvalue weighted by Crippen LogP contribution is 2.37. The van der Waals surface area contributed by atoms with Gasteiger partial charge in [-0.15, -0.1) is 0 Å². The molecule has 0 bridgehead atoms. The Morgan fingerprint density at radius 3 is 2.37 bits per heavy atom. The van der Waals surface area contributed by atoms with Gasteiger partial charge < -0.3 is 14.8 Å². The van der Waals surface area contributed by atoms with Crippen LogP contribution in [0, 0.1) is 0 Å². The van der Waals surface area contributed by atoms with Gasteiger partial charge in [0.1, 0.15) is 0 Å². The van der Waals surface area contributed by atoms with Gasteiger partial charge in [0.05, 0.1) is 6.04 Å². The van der Waals surface area contributed by atoms with Crippen LogP contribution in [0.3, 0.4) is 0 Å². The quantitative estimate of drug-likeness (QED) is 0.516. The summed E-state index contributed by atoms with van der Waals surface area (Å²) in [6.45, 7) is 7.34. The molecule has 1 saturated carbocycles. The third kappa shape index (κ3) is 4.73. The van der Waals surface area contributed by atoms with E-state index in [0.717, 1.165) is 43.2 Å². The second kappa shape index (κ2) is 9.50. The molecule has 1 aromatic carbocycles. The van der Waals surface area contributed by atoms with Crippen LogP contribution in [-0.4, -0.2) is 55.0 Å². The Bertz CT molecular complexity index is 612. The summed E-state index contributed by atoms with van der Waals surface area (Å²) < 4.78 is 13.5. The largest absolute Gasteiger partial charge is 0.349 e. The first-order chi connectivity index (χ1) is 13.1. The van der Waals surface area contributed by atoms with E-state index >= 15 is 0 Å². The predicted octanol–water partition coefficient (Wildman–Crippen LogP) is 3.97. The van der Waals surface area contributed by atoms with Crippen molar-refractivity contribution in [3.63, 3.8) is 0 Å². The van der Waals surface area contributed by atoms with Crippen LogP contribution in [0.25, 0.3) is 0 Å². The number of carbonyl (C=O) groups is 1. The van der Waals surface area contributed by atoms with Gasteiger partial charge in [0.15, 0.2) is 5.79 Å². The number of nitrogens with one attached hydrogen (secondary N) is 1. The number of likely N-dealkylation sites (tertiary alicyclic amines) is 1. The zero-order chi connectivity index (χ0) is 19.3. The summed E-state index contributed by atoms with van der Waals surface area (Å²) in [6, 6.07) is 7.58. The fraction of sp³-hybridized carbons (Fsp3) is 0.667. The van der Waals surface area contributed by atoms with Crippen molar-refractivity contribution >= 4 is 21.8 Å². The van der Waals surface area contributed by atoms with Crippen LogP contribution in [0.4, 0.5) is 0 Å². The molecule has 1 saturated heterocycles. The lowest BCUT2D eigenvalue weighted by molar-refractivity contribution is -0.276. The number of carbonyl (C=O) groups excluding carboxylic acids is 1. The fourth-order valence-electron chi connectivity index (χ4n) is 4.35. The predicted molar refractivity (Wildman–Crippen MR) is 110 cm³/mol. The molecule has 2 fully saturated rings. The molecule has 1 aromatic rings. The number of hydrogen-bond donors (Lipinski definition) is 1. The Balaban J connectivity index is 1.85. The van der Waals surface area contributed by atoms with E-state index in [4.69, 9.17) is 9.47 Å². The average Bonchev–Trinajstić information content (AvgIpc) is 2.76. The number of hydrogen-bond acceptors (Lipinski definition) is 4. The van der Waals surface area contributed by atoms with Crippen LogP contribution in [0.5, 0.6) is 0 Å². The van der Waals surface area contributed by atoms with Crippen molar-refractivity contribution in [3.05, 3.63) is 34.3 Å². The summed E-state index contributed by atoms with van der Waals surface area (Å²) >= 11 is 3.43. The van der Waals surface area contributed by atoms with Crippen LogP contribution in [0.15, 0.2) is 28.7 Å². The highest BCUT2D eigenvalue weighted by molar-refractivity contribution is 9.10. The molecule has 2 unspecified atom stereocenters. The van der Waals surface area contributed by atoms with Crippen molar-refractivity contribution in [3.8, 4) is 0 Å². The van der Waals surface area contributed by atoms with Gasteiger partial charge in [-0.05, 0) is 70.5 Å². The van der Waals surface area contributed by atoms with Gasteiger partial charge in [-0.25, -0.2) is 0 Å². The van der Waals surface area contributed by atoms with Gasteiger partial charge in [-0.3, -0.25) is 9.69 Å². The van der Waals surface area contributed by atoms with E-state index in [-0.39, 0.29) is 18.0 Å². The average molecular weight is 439 g/mol. The van der Waals surface area contributed by atoms with Gasteiger partial charge >= 0.3 is 0 Å². The van der Waals surface area contributed by atoms with Crippen molar-refractivity contribution in [2.24, 2.45) is 0 Å². The number of benzene rings is 1. The molecule has 2 atom stereocenters. The molecule has 27 heavy (non-hydrogen) atoms. The van der Waals surface area contributed by atoms with Gasteiger partial charge in [0, 0.05) is 35.7 Å². The molecule has 0 radical (unpaired) electrons. The van der Waals surface area contributed by atoms with Crippen LogP contribution in [0.2, 0.25) is 0 Å². The molecular weight excluding hydrogens is 408 g/mol. The number of rotatable bonds is 7. The van der Waals surface area contributed by atoms with Crippen LogP contribution < -0.4 is 5.32 Å². The van der Waals surface area contributed by atoms with Crippen molar-refractivity contribution in [1.82, 2.24) is 10.2 Å². The second-order valence-electron chi connectivity index (χ2n) is 7.34. The van der Waals surface area contributed by atoms with Gasteiger partial charge in [0.25, 0.3) is 5.91 Å². The molecule has 1 aliphatic carbocycles. The van der Waals surface area contributed by atoms with Crippen LogP contribution in [-0.2, 0) is 9.47 Å². The summed E-state index contributed by atoms with van der Waals surface area (Å²) in [5, 5.41) is 3.31. The lowest BCUT2D eigenvalue weighted by atomic mass is 9.92. The summed E-state index contributed by atoms with van der Waals surface area (Å²) in [6.07, 6.45) is 5.14. The molecule has 2 aliphatic rings. The first-order valence-corrected chi connectivity index (χ1v) is 11.0. The lowest BCUT2D eigenvalue weighted by Gasteiger charge is -2.50. The van der Waals surface area contributed by atoms with E-state index < -0.39 is 5.79 Å². The minimum Gasteiger partial charge on any atom is -0.349 e. The fourth-order valence-corrected chi connectivity index (χ4v) is 4.61. The molecular formula is C21H31BrN2O3. The molecule has 1 aliphatic heterocycles. The van der Waals surface area contributed by atoms with E-state index in [9.17, 15) is 4.79 Å². The van der Waals surface area contributed by atoms with Crippen LogP contribution >= 0.6 is 15.9 Å². The number of nitrogens with zero attached hydrogens (tertiary/aromatic N) is 1. The molecule has 5 nitrogen and oxygen atoms in total. The SMILES string of the molecule is CCOC1(OCC)CCCCC(NC(=O)c2ccc(Br)cc2)C1N1CCC1. The third-order valence-electron chi connectivity index (χ3n) is 5.61. The van der Waals surface area contributed by atoms with Crippen molar-refractivity contribution < 1.29 is 14.3 Å². The van der Waals surface area contributed by atoms with Gasteiger partial charge in [0.2, 0.25) is 0 Å². The van der Waals surface area contributed by atoms with E-state index in [1.54, 1.807) is 0 Å². The monoisotopic (exact) mass is 438 g/mol. The third-order valence-corrected chi connectivity index (χ3v) is 6.14. The second-order valence-corrected chi connectivity index (χ2v) is 8.26. The van der Waals surface area contributed by atoms with Crippen molar-refractivity contribution in [1.29, 1.82) is 0 Å². The molecule has 6 heteroatoms. The smallest absolute Gasteiger partial charge is 0.251 e. The molecule has 3 rings (SSSR count). The highest BCUT2D eigenvalue weighted by Gasteiger charge is 2.50. The highest BCUT2D eigenvalue weighted by atomic mass is 79.9. The Morgan fingerprint density at radius 1 is 1.15 bits per heavy atom. The molecule has 0 aromatic heterocycles. The normalized spacial score (nSPS) is 25.4. The van der Waals surface area contributed by atoms with E-state index in [1.165, 1.54) is 6.42 Å². The van der Waals surface area contributed by atoms with Crippen molar-refractivity contribution in [2.75, 3.05) is 26.3 Å². The summed E-state index contributed by atoms with van der Waals surface area (Å²) in [7, 11) is 0. The lowest BCUT2D eigenvalue weighted by Crippen LogP contribution is -2.66. The summed E-state index contributed by atoms with van der Waals surface area (Å²) in [5.41, 5.74) is 0.684. The maximum Gasteiger partial charge on any atom is 0.251 e. The maximum absolute atomic E-state index is 12.9. The Kier molecular flexibility index (Phi) is 7.31. The minimum absolute atomic E-state index is 0.0158. The van der Waals surface area contributed by atoms with E-state index in [2.05, 4.69) is 26.1 Å². The first-order valence-electron chi connectivity index (χ1n) is 10.2. The Labute approximate surface area is 170 Å². The minimum atomic E-state index is -0.641. The Morgan fingerprint density at radius 2 is 1.81 bits per heavy atom. The molecule has 1 heterocycles. The van der Waals surface area contributed by atoms with Crippen LogP contribution in [0.1, 0.15) is 56.3 Å². The van der Waals surface area contributed by atoms with Gasteiger partial charge in [-0.2, -0.15) is 0 Å². The number of halogens is 1. The molecule has 1 N–H and O–H groups in total. The summed E-state index contributed by atoms with van der Waals surface area (Å²) in [5.74, 6) is -0.667. The van der Waals surface area contributed by atoms with Gasteiger partial charge in [-0.1, -0.05) is 22.4 Å². The van der Waals surface area contributed by atoms with E-state index in [1.807, 2.05) is 38.1 Å². The number of ether oxygens (including phenoxy) is 2. The molecule has 150 valence electrons. The topological polar surface area (TPSA) is 50.8 Å². The zero-order valence-corrected chi connectivity index (χ0v) is 18.0. The Hall–Kier alpha value is -0.950. The number of amides is 1. The van der Waals surface area contributed by atoms with E-state index in [0.29, 0.717) is 18.8 Å². The summed E-state index contributed by atoms with van der Waals surface area (Å²) in [4.78, 5) is 15.3. The zero-order valence-electron chi connectivity index (χ0n) is 16.4. The standard InChI is InChI=1S/C21H31BrN2O3/c1-3-26-21(27-4-2)13-6-5-8-18(19(21)24-14-7-15-24)23-20(25)16-9-11-17(22)12-10-16/h9-12,18-19H,3-8,13-15H2,1-2H3,(H,23,25). The maximum atomic E-state index is 12.9. The molecule has 0 spiro atoms. The van der Waals surface area contributed by atoms with Crippen molar-refractivity contribution in [2.45, 2.75) is 63.8 Å².